The van der Waals surface area contributed by atoms with E-state index in [0.717, 1.165) is 20.4 Å². The average Bonchev–Trinajstić information content (AvgIpc) is 3.16. The highest BCUT2D eigenvalue weighted by Gasteiger charge is 2.13. The SMILES string of the molecule is COc1ccc(C(C)NC(=O)CCc2nc(-c3ccc(I)cc3)no2)cc1. The van der Waals surface area contributed by atoms with Gasteiger partial charge in [-0.05, 0) is 59.3 Å². The lowest BCUT2D eigenvalue weighted by Gasteiger charge is -2.14. The minimum Gasteiger partial charge on any atom is -0.497 e. The molecule has 0 aliphatic rings. The van der Waals surface area contributed by atoms with Crippen molar-refractivity contribution in [3.8, 4) is 17.1 Å². The topological polar surface area (TPSA) is 77.2 Å². The fraction of sp³-hybridized carbons (Fsp3) is 0.250. The smallest absolute Gasteiger partial charge is 0.227 e. The molecule has 0 aliphatic carbocycles. The molecule has 0 spiro atoms. The van der Waals surface area contributed by atoms with Gasteiger partial charge in [-0.15, -0.1) is 0 Å². The van der Waals surface area contributed by atoms with Gasteiger partial charge in [0.05, 0.1) is 13.2 Å². The molecule has 1 aromatic heterocycles. The summed E-state index contributed by atoms with van der Waals surface area (Å²) in [6.45, 7) is 1.95. The first-order valence-electron chi connectivity index (χ1n) is 8.57. The van der Waals surface area contributed by atoms with Crippen LogP contribution in [0.25, 0.3) is 11.4 Å². The Morgan fingerprint density at radius 3 is 2.56 bits per heavy atom. The number of carbonyl (C=O) groups is 1. The fourth-order valence-electron chi connectivity index (χ4n) is 2.58. The van der Waals surface area contributed by atoms with E-state index in [-0.39, 0.29) is 18.4 Å². The predicted octanol–water partition coefficient (Wildman–Crippen LogP) is 4.16. The Hall–Kier alpha value is -2.42. The van der Waals surface area contributed by atoms with Gasteiger partial charge in [-0.25, -0.2) is 0 Å². The van der Waals surface area contributed by atoms with Crippen LogP contribution < -0.4 is 10.1 Å². The van der Waals surface area contributed by atoms with Crippen LogP contribution in [0.15, 0.2) is 53.1 Å². The lowest BCUT2D eigenvalue weighted by atomic mass is 10.1. The lowest BCUT2D eigenvalue weighted by Crippen LogP contribution is -2.26. The molecule has 3 aromatic rings. The molecule has 1 atom stereocenters. The van der Waals surface area contributed by atoms with Gasteiger partial charge in [-0.2, -0.15) is 4.98 Å². The molecule has 140 valence electrons. The number of benzene rings is 2. The number of rotatable bonds is 7. The molecule has 6 nitrogen and oxygen atoms in total. The van der Waals surface area contributed by atoms with Crippen LogP contribution in [0.4, 0.5) is 0 Å². The van der Waals surface area contributed by atoms with Gasteiger partial charge in [0.2, 0.25) is 17.6 Å². The first-order chi connectivity index (χ1) is 13.0. The number of nitrogens with one attached hydrogen (secondary N) is 1. The monoisotopic (exact) mass is 477 g/mol. The van der Waals surface area contributed by atoms with Gasteiger partial charge in [-0.3, -0.25) is 4.79 Å². The molecule has 0 saturated heterocycles. The Bertz CT molecular complexity index is 892. The van der Waals surface area contributed by atoms with E-state index in [9.17, 15) is 4.79 Å². The van der Waals surface area contributed by atoms with Crippen LogP contribution in [0, 0.1) is 3.57 Å². The lowest BCUT2D eigenvalue weighted by molar-refractivity contribution is -0.121. The number of nitrogens with zero attached hydrogens (tertiary/aromatic N) is 2. The second-order valence-electron chi connectivity index (χ2n) is 6.08. The predicted molar refractivity (Wildman–Crippen MR) is 110 cm³/mol. The number of hydrogen-bond acceptors (Lipinski definition) is 5. The number of carbonyl (C=O) groups excluding carboxylic acids is 1. The summed E-state index contributed by atoms with van der Waals surface area (Å²) >= 11 is 2.24. The van der Waals surface area contributed by atoms with Gasteiger partial charge in [0, 0.05) is 22.0 Å². The Labute approximate surface area is 171 Å². The zero-order valence-electron chi connectivity index (χ0n) is 15.1. The van der Waals surface area contributed by atoms with Crippen LogP contribution in [0.5, 0.6) is 5.75 Å². The highest BCUT2D eigenvalue weighted by atomic mass is 127. The number of methoxy groups -OCH3 is 1. The molecule has 0 radical (unpaired) electrons. The van der Waals surface area contributed by atoms with E-state index in [0.29, 0.717) is 18.1 Å². The van der Waals surface area contributed by atoms with Gasteiger partial charge in [-0.1, -0.05) is 29.4 Å². The van der Waals surface area contributed by atoms with Crippen molar-refractivity contribution < 1.29 is 14.1 Å². The zero-order chi connectivity index (χ0) is 19.2. The Balaban J connectivity index is 1.52. The minimum atomic E-state index is -0.0894. The molecule has 1 amide bonds. The standard InChI is InChI=1S/C20H20IN3O3/c1-13(14-5-9-17(26-2)10-6-14)22-18(25)11-12-19-23-20(24-27-19)15-3-7-16(21)8-4-15/h3-10,13H,11-12H2,1-2H3,(H,22,25). The van der Waals surface area contributed by atoms with E-state index in [2.05, 4.69) is 38.0 Å². The van der Waals surface area contributed by atoms with E-state index < -0.39 is 0 Å². The summed E-state index contributed by atoms with van der Waals surface area (Å²) in [5.74, 6) is 1.72. The first kappa shape index (κ1) is 19.3. The highest BCUT2D eigenvalue weighted by molar-refractivity contribution is 14.1. The van der Waals surface area contributed by atoms with Gasteiger partial charge >= 0.3 is 0 Å². The average molecular weight is 477 g/mol. The summed E-state index contributed by atoms with van der Waals surface area (Å²) in [5, 5.41) is 6.96. The normalized spacial score (nSPS) is 11.8. The summed E-state index contributed by atoms with van der Waals surface area (Å²) < 4.78 is 11.5. The van der Waals surface area contributed by atoms with Crippen molar-refractivity contribution >= 4 is 28.5 Å². The van der Waals surface area contributed by atoms with Gasteiger partial charge < -0.3 is 14.6 Å². The van der Waals surface area contributed by atoms with Crippen LogP contribution in [0.1, 0.15) is 30.8 Å². The molecule has 27 heavy (non-hydrogen) atoms. The van der Waals surface area contributed by atoms with Crippen molar-refractivity contribution in [1.82, 2.24) is 15.5 Å². The molecular formula is C20H20IN3O3. The van der Waals surface area contributed by atoms with Crippen molar-refractivity contribution in [3.05, 3.63) is 63.6 Å². The van der Waals surface area contributed by atoms with Crippen LogP contribution in [0.3, 0.4) is 0 Å². The van der Waals surface area contributed by atoms with E-state index in [4.69, 9.17) is 9.26 Å². The molecule has 2 aromatic carbocycles. The van der Waals surface area contributed by atoms with Crippen molar-refractivity contribution in [1.29, 1.82) is 0 Å². The summed E-state index contributed by atoms with van der Waals surface area (Å²) in [7, 11) is 1.63. The molecular weight excluding hydrogens is 457 g/mol. The largest absolute Gasteiger partial charge is 0.497 e. The molecule has 0 saturated carbocycles. The molecule has 1 unspecified atom stereocenters. The van der Waals surface area contributed by atoms with Crippen LogP contribution in [0.2, 0.25) is 0 Å². The zero-order valence-corrected chi connectivity index (χ0v) is 17.3. The maximum absolute atomic E-state index is 12.2. The van der Waals surface area contributed by atoms with Gasteiger partial charge in [0.25, 0.3) is 0 Å². The molecule has 0 fully saturated rings. The van der Waals surface area contributed by atoms with Crippen LogP contribution in [-0.4, -0.2) is 23.2 Å². The molecule has 3 rings (SSSR count). The minimum absolute atomic E-state index is 0.0627. The molecule has 7 heteroatoms. The fourth-order valence-corrected chi connectivity index (χ4v) is 2.94. The second-order valence-corrected chi connectivity index (χ2v) is 7.33. The van der Waals surface area contributed by atoms with Crippen molar-refractivity contribution in [2.24, 2.45) is 0 Å². The van der Waals surface area contributed by atoms with E-state index >= 15 is 0 Å². The van der Waals surface area contributed by atoms with Crippen molar-refractivity contribution in [2.75, 3.05) is 7.11 Å². The van der Waals surface area contributed by atoms with E-state index in [1.807, 2.05) is 55.5 Å². The summed E-state index contributed by atoms with van der Waals surface area (Å²) in [6, 6.07) is 15.4. The maximum Gasteiger partial charge on any atom is 0.227 e. The van der Waals surface area contributed by atoms with Gasteiger partial charge in [0.15, 0.2) is 0 Å². The third-order valence-electron chi connectivity index (χ3n) is 4.13. The second kappa shape index (κ2) is 8.98. The highest BCUT2D eigenvalue weighted by Crippen LogP contribution is 2.19. The Morgan fingerprint density at radius 1 is 1.19 bits per heavy atom. The molecule has 1 N–H and O–H groups in total. The molecule has 1 heterocycles. The Morgan fingerprint density at radius 2 is 1.89 bits per heavy atom. The third-order valence-corrected chi connectivity index (χ3v) is 4.85. The number of hydrogen-bond donors (Lipinski definition) is 1. The van der Waals surface area contributed by atoms with Crippen LogP contribution >= 0.6 is 22.6 Å². The van der Waals surface area contributed by atoms with Crippen molar-refractivity contribution in [2.45, 2.75) is 25.8 Å². The number of ether oxygens (including phenoxy) is 1. The first-order valence-corrected chi connectivity index (χ1v) is 9.65. The van der Waals surface area contributed by atoms with Gasteiger partial charge in [0.1, 0.15) is 5.75 Å². The number of halogens is 1. The summed E-state index contributed by atoms with van der Waals surface area (Å²) in [4.78, 5) is 16.6. The number of aromatic nitrogens is 2. The molecule has 0 aliphatic heterocycles. The summed E-state index contributed by atoms with van der Waals surface area (Å²) in [5.41, 5.74) is 1.91. The maximum atomic E-state index is 12.2. The van der Waals surface area contributed by atoms with Crippen LogP contribution in [-0.2, 0) is 11.2 Å². The molecule has 0 bridgehead atoms. The number of amides is 1. The number of aryl methyl sites for hydroxylation is 1. The van der Waals surface area contributed by atoms with E-state index in [1.165, 1.54) is 0 Å². The van der Waals surface area contributed by atoms with Crippen molar-refractivity contribution in [3.63, 3.8) is 0 Å². The quantitative estimate of drug-likeness (QED) is 0.518. The van der Waals surface area contributed by atoms with E-state index in [1.54, 1.807) is 7.11 Å². The summed E-state index contributed by atoms with van der Waals surface area (Å²) in [6.07, 6.45) is 0.688. The third kappa shape index (κ3) is 5.29. The Kier molecular flexibility index (Phi) is 6.44.